The number of rotatable bonds is 4. The zero-order valence-corrected chi connectivity index (χ0v) is 12.7. The Morgan fingerprint density at radius 1 is 1.48 bits per heavy atom. The summed E-state index contributed by atoms with van der Waals surface area (Å²) in [6.07, 6.45) is 2.06. The third-order valence-corrected chi connectivity index (χ3v) is 4.61. The number of nitrogens with zero attached hydrogens (tertiary/aromatic N) is 2. The molecule has 6 heteroatoms. The second-order valence-electron chi connectivity index (χ2n) is 5.37. The van der Waals surface area contributed by atoms with E-state index in [1.807, 2.05) is 6.07 Å². The third-order valence-electron chi connectivity index (χ3n) is 3.62. The third kappa shape index (κ3) is 3.83. The van der Waals surface area contributed by atoms with Crippen molar-refractivity contribution in [3.63, 3.8) is 0 Å². The molecule has 2 aromatic rings. The molecule has 3 rings (SSSR count). The second kappa shape index (κ2) is 6.58. The van der Waals surface area contributed by atoms with Gasteiger partial charge in [-0.25, -0.2) is 4.39 Å². The summed E-state index contributed by atoms with van der Waals surface area (Å²) in [5, 5.41) is 7.44. The lowest BCUT2D eigenvalue weighted by atomic mass is 9.93. The molecule has 0 aliphatic carbocycles. The van der Waals surface area contributed by atoms with Gasteiger partial charge < -0.3 is 9.84 Å². The standard InChI is InChI=1S/C15H18FN3OS/c1-10-7-11(5-6-17-10)15-18-14(19-20-15)9-21-13-4-2-3-12(16)8-13/h2-4,8,10-11,17H,5-7,9H2,1H3. The Labute approximate surface area is 127 Å². The largest absolute Gasteiger partial charge is 0.339 e. The zero-order chi connectivity index (χ0) is 14.7. The summed E-state index contributed by atoms with van der Waals surface area (Å²) in [5.74, 6) is 2.12. The summed E-state index contributed by atoms with van der Waals surface area (Å²) in [5.41, 5.74) is 0. The molecule has 0 saturated carbocycles. The van der Waals surface area contributed by atoms with Gasteiger partial charge in [-0.15, -0.1) is 11.8 Å². The summed E-state index contributed by atoms with van der Waals surface area (Å²) in [6, 6.07) is 7.02. The van der Waals surface area contributed by atoms with Crippen molar-refractivity contribution in [2.24, 2.45) is 0 Å². The average Bonchev–Trinajstić information content (AvgIpc) is 2.94. The number of halogens is 1. The number of aromatic nitrogens is 2. The first-order chi connectivity index (χ1) is 10.2. The fraction of sp³-hybridized carbons (Fsp3) is 0.467. The van der Waals surface area contributed by atoms with Crippen LogP contribution in [0, 0.1) is 5.82 Å². The van der Waals surface area contributed by atoms with E-state index in [9.17, 15) is 4.39 Å². The van der Waals surface area contributed by atoms with Gasteiger partial charge in [-0.3, -0.25) is 0 Å². The number of nitrogens with one attached hydrogen (secondary N) is 1. The van der Waals surface area contributed by atoms with Crippen molar-refractivity contribution < 1.29 is 8.91 Å². The fourth-order valence-corrected chi connectivity index (χ4v) is 3.34. The quantitative estimate of drug-likeness (QED) is 0.878. The topological polar surface area (TPSA) is 51.0 Å². The molecular formula is C15H18FN3OS. The van der Waals surface area contributed by atoms with Crippen LogP contribution in [0.1, 0.15) is 37.4 Å². The summed E-state index contributed by atoms with van der Waals surface area (Å²) in [7, 11) is 0. The van der Waals surface area contributed by atoms with Crippen molar-refractivity contribution in [3.05, 3.63) is 41.8 Å². The number of hydrogen-bond acceptors (Lipinski definition) is 5. The monoisotopic (exact) mass is 307 g/mol. The Morgan fingerprint density at radius 2 is 2.38 bits per heavy atom. The highest BCUT2D eigenvalue weighted by atomic mass is 32.2. The molecular weight excluding hydrogens is 289 g/mol. The molecule has 1 aromatic carbocycles. The van der Waals surface area contributed by atoms with Crippen molar-refractivity contribution in [2.45, 2.75) is 42.4 Å². The Morgan fingerprint density at radius 3 is 3.19 bits per heavy atom. The molecule has 1 N–H and O–H groups in total. The number of thioether (sulfide) groups is 1. The SMILES string of the molecule is CC1CC(c2nc(CSc3cccc(F)c3)no2)CCN1. The molecule has 1 aliphatic rings. The second-order valence-corrected chi connectivity index (χ2v) is 6.42. The highest BCUT2D eigenvalue weighted by molar-refractivity contribution is 7.98. The van der Waals surface area contributed by atoms with E-state index in [1.54, 1.807) is 6.07 Å². The van der Waals surface area contributed by atoms with Gasteiger partial charge in [0, 0.05) is 16.9 Å². The van der Waals surface area contributed by atoms with E-state index in [1.165, 1.54) is 23.9 Å². The molecule has 1 fully saturated rings. The Balaban J connectivity index is 1.60. The first-order valence-corrected chi connectivity index (χ1v) is 8.13. The maximum atomic E-state index is 13.1. The van der Waals surface area contributed by atoms with Crippen LogP contribution in [-0.4, -0.2) is 22.7 Å². The molecule has 0 spiro atoms. The maximum Gasteiger partial charge on any atom is 0.229 e. The van der Waals surface area contributed by atoms with Crippen LogP contribution in [-0.2, 0) is 5.75 Å². The molecule has 4 nitrogen and oxygen atoms in total. The van der Waals surface area contributed by atoms with Gasteiger partial charge in [0.2, 0.25) is 5.89 Å². The van der Waals surface area contributed by atoms with Gasteiger partial charge >= 0.3 is 0 Å². The Hall–Kier alpha value is -1.40. The summed E-state index contributed by atoms with van der Waals surface area (Å²) < 4.78 is 18.5. The highest BCUT2D eigenvalue weighted by Crippen LogP contribution is 2.28. The summed E-state index contributed by atoms with van der Waals surface area (Å²) >= 11 is 1.51. The molecule has 2 unspecified atom stereocenters. The molecule has 2 atom stereocenters. The van der Waals surface area contributed by atoms with E-state index in [4.69, 9.17) is 4.52 Å². The predicted molar refractivity (Wildman–Crippen MR) is 79.7 cm³/mol. The number of hydrogen-bond donors (Lipinski definition) is 1. The van der Waals surface area contributed by atoms with Gasteiger partial charge in [0.05, 0.1) is 5.75 Å². The van der Waals surface area contributed by atoms with Gasteiger partial charge in [-0.2, -0.15) is 4.98 Å². The van der Waals surface area contributed by atoms with E-state index >= 15 is 0 Å². The van der Waals surface area contributed by atoms with Crippen LogP contribution in [0.5, 0.6) is 0 Å². The average molecular weight is 307 g/mol. The van der Waals surface area contributed by atoms with Crippen molar-refractivity contribution in [2.75, 3.05) is 6.54 Å². The van der Waals surface area contributed by atoms with Crippen LogP contribution in [0.25, 0.3) is 0 Å². The van der Waals surface area contributed by atoms with E-state index in [2.05, 4.69) is 22.4 Å². The van der Waals surface area contributed by atoms with E-state index in [0.29, 0.717) is 23.5 Å². The molecule has 1 aromatic heterocycles. The minimum atomic E-state index is -0.225. The zero-order valence-electron chi connectivity index (χ0n) is 11.9. The first kappa shape index (κ1) is 14.5. The van der Waals surface area contributed by atoms with Crippen molar-refractivity contribution >= 4 is 11.8 Å². The molecule has 21 heavy (non-hydrogen) atoms. The highest BCUT2D eigenvalue weighted by Gasteiger charge is 2.24. The van der Waals surface area contributed by atoms with Crippen molar-refractivity contribution in [1.82, 2.24) is 15.5 Å². The van der Waals surface area contributed by atoms with Gasteiger partial charge in [-0.1, -0.05) is 11.2 Å². The van der Waals surface area contributed by atoms with Gasteiger partial charge in [-0.05, 0) is 44.5 Å². The molecule has 0 bridgehead atoms. The molecule has 2 heterocycles. The summed E-state index contributed by atoms with van der Waals surface area (Å²) in [6.45, 7) is 3.16. The van der Waals surface area contributed by atoms with Crippen molar-refractivity contribution in [3.8, 4) is 0 Å². The minimum absolute atomic E-state index is 0.225. The van der Waals surface area contributed by atoms with Crippen LogP contribution in [0.2, 0.25) is 0 Å². The Bertz CT molecular complexity index is 604. The molecule has 0 amide bonds. The maximum absolute atomic E-state index is 13.1. The van der Waals surface area contributed by atoms with Crippen LogP contribution in [0.4, 0.5) is 4.39 Å². The lowest BCUT2D eigenvalue weighted by Crippen LogP contribution is -2.34. The van der Waals surface area contributed by atoms with E-state index in [-0.39, 0.29) is 5.82 Å². The van der Waals surface area contributed by atoms with Gasteiger partial charge in [0.1, 0.15) is 5.82 Å². The van der Waals surface area contributed by atoms with Crippen molar-refractivity contribution in [1.29, 1.82) is 0 Å². The first-order valence-electron chi connectivity index (χ1n) is 7.15. The number of piperidine rings is 1. The van der Waals surface area contributed by atoms with Crippen LogP contribution < -0.4 is 5.32 Å². The minimum Gasteiger partial charge on any atom is -0.339 e. The Kier molecular flexibility index (Phi) is 4.55. The fourth-order valence-electron chi connectivity index (χ4n) is 2.55. The normalized spacial score (nSPS) is 22.4. The van der Waals surface area contributed by atoms with Crippen LogP contribution in [0.15, 0.2) is 33.7 Å². The van der Waals surface area contributed by atoms with E-state index < -0.39 is 0 Å². The summed E-state index contributed by atoms with van der Waals surface area (Å²) in [4.78, 5) is 5.36. The lowest BCUT2D eigenvalue weighted by Gasteiger charge is -2.25. The predicted octanol–water partition coefficient (Wildman–Crippen LogP) is 3.36. The van der Waals surface area contributed by atoms with Gasteiger partial charge in [0.25, 0.3) is 0 Å². The molecule has 0 radical (unpaired) electrons. The molecule has 1 aliphatic heterocycles. The van der Waals surface area contributed by atoms with Gasteiger partial charge in [0.15, 0.2) is 5.82 Å². The van der Waals surface area contributed by atoms with Crippen LogP contribution in [0.3, 0.4) is 0 Å². The smallest absolute Gasteiger partial charge is 0.229 e. The number of benzene rings is 1. The molecule has 112 valence electrons. The van der Waals surface area contributed by atoms with E-state index in [0.717, 1.165) is 30.2 Å². The van der Waals surface area contributed by atoms with Crippen LogP contribution >= 0.6 is 11.8 Å². The lowest BCUT2D eigenvalue weighted by molar-refractivity contribution is 0.294. The molecule has 1 saturated heterocycles.